The molecule has 2 aliphatic carbocycles. The molecule has 0 N–H and O–H groups in total. The number of hydrogen-bond acceptors (Lipinski definition) is 0. The van der Waals surface area contributed by atoms with E-state index in [1.807, 2.05) is 0 Å². The SMILES string of the molecule is CCCCCCCC1CC=C(c2ccc(C3CCC(C)CC3)cc2)CC1. The monoisotopic (exact) mass is 352 g/mol. The molecule has 0 heterocycles. The molecule has 26 heavy (non-hydrogen) atoms. The minimum Gasteiger partial charge on any atom is -0.0804 e. The van der Waals surface area contributed by atoms with Crippen LogP contribution < -0.4 is 0 Å². The fourth-order valence-corrected chi connectivity index (χ4v) is 5.01. The van der Waals surface area contributed by atoms with Crippen LogP contribution in [0.15, 0.2) is 30.3 Å². The van der Waals surface area contributed by atoms with Gasteiger partial charge in [-0.3, -0.25) is 0 Å². The molecule has 0 spiro atoms. The lowest BCUT2D eigenvalue weighted by molar-refractivity contribution is 0.348. The number of rotatable bonds is 8. The zero-order valence-electron chi connectivity index (χ0n) is 17.3. The average molecular weight is 353 g/mol. The molecule has 0 aromatic heterocycles. The van der Waals surface area contributed by atoms with Crippen LogP contribution in [0.4, 0.5) is 0 Å². The second-order valence-electron chi connectivity index (χ2n) is 9.15. The standard InChI is InChI=1S/C26H40/c1-3-4-5-6-7-8-22-11-15-24(16-12-22)26-19-17-25(18-20-26)23-13-9-21(2)10-14-23/h15,17-23H,3-14,16H2,1-2H3. The van der Waals surface area contributed by atoms with Crippen molar-refractivity contribution in [3.63, 3.8) is 0 Å². The maximum absolute atomic E-state index is 2.55. The van der Waals surface area contributed by atoms with Gasteiger partial charge in [0.15, 0.2) is 0 Å². The van der Waals surface area contributed by atoms with Gasteiger partial charge in [0, 0.05) is 0 Å². The van der Waals surface area contributed by atoms with Crippen molar-refractivity contribution < 1.29 is 0 Å². The Morgan fingerprint density at radius 1 is 0.846 bits per heavy atom. The summed E-state index contributed by atoms with van der Waals surface area (Å²) in [7, 11) is 0. The van der Waals surface area contributed by atoms with E-state index >= 15 is 0 Å². The summed E-state index contributed by atoms with van der Waals surface area (Å²) in [5, 5.41) is 0. The summed E-state index contributed by atoms with van der Waals surface area (Å²) in [6.45, 7) is 4.71. The maximum atomic E-state index is 2.55. The summed E-state index contributed by atoms with van der Waals surface area (Å²) in [5.41, 5.74) is 4.68. The van der Waals surface area contributed by atoms with Crippen molar-refractivity contribution in [3.05, 3.63) is 41.5 Å². The summed E-state index contributed by atoms with van der Waals surface area (Å²) in [6, 6.07) is 9.67. The Kier molecular flexibility index (Phi) is 7.84. The number of hydrogen-bond donors (Lipinski definition) is 0. The van der Waals surface area contributed by atoms with E-state index in [4.69, 9.17) is 0 Å². The molecule has 1 saturated carbocycles. The van der Waals surface area contributed by atoms with Crippen LogP contribution in [-0.4, -0.2) is 0 Å². The molecule has 144 valence electrons. The molecule has 1 unspecified atom stereocenters. The van der Waals surface area contributed by atoms with Crippen molar-refractivity contribution in [3.8, 4) is 0 Å². The lowest BCUT2D eigenvalue weighted by atomic mass is 9.79. The quantitative estimate of drug-likeness (QED) is 0.411. The van der Waals surface area contributed by atoms with Crippen LogP contribution in [0.25, 0.3) is 5.57 Å². The van der Waals surface area contributed by atoms with E-state index in [0.29, 0.717) is 0 Å². The summed E-state index contributed by atoms with van der Waals surface area (Å²) in [6.07, 6.45) is 20.7. The Bertz CT molecular complexity index is 542. The third-order valence-electron chi connectivity index (χ3n) is 7.00. The van der Waals surface area contributed by atoms with Crippen molar-refractivity contribution >= 4 is 5.57 Å². The minimum atomic E-state index is 0.817. The normalized spacial score (nSPS) is 26.5. The first-order valence-electron chi connectivity index (χ1n) is 11.6. The Morgan fingerprint density at radius 2 is 1.58 bits per heavy atom. The molecule has 1 aromatic carbocycles. The zero-order valence-corrected chi connectivity index (χ0v) is 17.3. The van der Waals surface area contributed by atoms with Gasteiger partial charge in [-0.05, 0) is 66.6 Å². The van der Waals surface area contributed by atoms with E-state index < -0.39 is 0 Å². The van der Waals surface area contributed by atoms with Crippen LogP contribution >= 0.6 is 0 Å². The molecule has 1 aromatic rings. The van der Waals surface area contributed by atoms with Gasteiger partial charge >= 0.3 is 0 Å². The van der Waals surface area contributed by atoms with Gasteiger partial charge < -0.3 is 0 Å². The molecule has 0 bridgehead atoms. The van der Waals surface area contributed by atoms with Gasteiger partial charge in [-0.25, -0.2) is 0 Å². The molecule has 1 atom stereocenters. The van der Waals surface area contributed by atoms with E-state index in [9.17, 15) is 0 Å². The van der Waals surface area contributed by atoms with E-state index in [-0.39, 0.29) is 0 Å². The Balaban J connectivity index is 1.46. The first kappa shape index (κ1) is 19.7. The van der Waals surface area contributed by atoms with Crippen LogP contribution in [0.5, 0.6) is 0 Å². The van der Waals surface area contributed by atoms with Crippen molar-refractivity contribution in [2.75, 3.05) is 0 Å². The van der Waals surface area contributed by atoms with Crippen LogP contribution in [0.3, 0.4) is 0 Å². The third-order valence-corrected chi connectivity index (χ3v) is 7.00. The number of allylic oxidation sites excluding steroid dienone is 2. The van der Waals surface area contributed by atoms with E-state index in [1.54, 1.807) is 11.1 Å². The number of unbranched alkanes of at least 4 members (excludes halogenated alkanes) is 4. The summed E-state index contributed by atoms with van der Waals surface area (Å²) in [5.74, 6) is 2.71. The topological polar surface area (TPSA) is 0 Å². The molecular formula is C26H40. The largest absolute Gasteiger partial charge is 0.0804 e. The smallest absolute Gasteiger partial charge is 0.0162 e. The lowest BCUT2D eigenvalue weighted by Crippen LogP contribution is -2.10. The second kappa shape index (κ2) is 10.3. The molecular weight excluding hydrogens is 312 g/mol. The van der Waals surface area contributed by atoms with Crippen molar-refractivity contribution in [1.82, 2.24) is 0 Å². The fraction of sp³-hybridized carbons (Fsp3) is 0.692. The highest BCUT2D eigenvalue weighted by molar-refractivity contribution is 5.66. The molecule has 1 fully saturated rings. The maximum Gasteiger partial charge on any atom is -0.0162 e. The first-order valence-corrected chi connectivity index (χ1v) is 11.6. The van der Waals surface area contributed by atoms with E-state index in [1.165, 1.54) is 89.0 Å². The highest BCUT2D eigenvalue weighted by atomic mass is 14.3. The summed E-state index contributed by atoms with van der Waals surface area (Å²) < 4.78 is 0. The molecule has 0 nitrogen and oxygen atoms in total. The van der Waals surface area contributed by atoms with Gasteiger partial charge in [0.1, 0.15) is 0 Å². The third kappa shape index (κ3) is 5.73. The first-order chi connectivity index (χ1) is 12.8. The van der Waals surface area contributed by atoms with Crippen LogP contribution in [0, 0.1) is 11.8 Å². The molecule has 3 rings (SSSR count). The summed E-state index contributed by atoms with van der Waals surface area (Å²) >= 11 is 0. The Morgan fingerprint density at radius 3 is 2.23 bits per heavy atom. The van der Waals surface area contributed by atoms with Gasteiger partial charge in [0.05, 0.1) is 0 Å². The zero-order chi connectivity index (χ0) is 18.2. The Hall–Kier alpha value is -1.04. The molecule has 0 saturated heterocycles. The predicted molar refractivity (Wildman–Crippen MR) is 116 cm³/mol. The fourth-order valence-electron chi connectivity index (χ4n) is 5.01. The van der Waals surface area contributed by atoms with Crippen molar-refractivity contribution in [2.45, 2.75) is 103 Å². The van der Waals surface area contributed by atoms with Gasteiger partial charge in [-0.2, -0.15) is 0 Å². The number of benzene rings is 1. The highest BCUT2D eigenvalue weighted by Gasteiger charge is 2.20. The Labute approximate surface area is 162 Å². The van der Waals surface area contributed by atoms with Crippen LogP contribution in [0.2, 0.25) is 0 Å². The molecule has 2 aliphatic rings. The molecule has 0 aliphatic heterocycles. The minimum absolute atomic E-state index is 0.817. The van der Waals surface area contributed by atoms with E-state index in [2.05, 4.69) is 44.2 Å². The van der Waals surface area contributed by atoms with E-state index in [0.717, 1.165) is 17.8 Å². The lowest BCUT2D eigenvalue weighted by Gasteiger charge is -2.27. The molecule has 0 heteroatoms. The average Bonchev–Trinajstić information content (AvgIpc) is 2.69. The second-order valence-corrected chi connectivity index (χ2v) is 9.15. The summed E-state index contributed by atoms with van der Waals surface area (Å²) in [4.78, 5) is 0. The van der Waals surface area contributed by atoms with Crippen molar-refractivity contribution in [1.29, 1.82) is 0 Å². The van der Waals surface area contributed by atoms with Gasteiger partial charge in [0.25, 0.3) is 0 Å². The van der Waals surface area contributed by atoms with Crippen LogP contribution in [-0.2, 0) is 0 Å². The predicted octanol–water partition coefficient (Wildman–Crippen LogP) is 8.52. The highest BCUT2D eigenvalue weighted by Crippen LogP contribution is 2.37. The molecule has 0 radical (unpaired) electrons. The van der Waals surface area contributed by atoms with Gasteiger partial charge in [-0.1, -0.05) is 95.6 Å². The van der Waals surface area contributed by atoms with Crippen molar-refractivity contribution in [2.24, 2.45) is 11.8 Å². The van der Waals surface area contributed by atoms with Gasteiger partial charge in [-0.15, -0.1) is 0 Å². The van der Waals surface area contributed by atoms with Gasteiger partial charge in [0.2, 0.25) is 0 Å². The van der Waals surface area contributed by atoms with Crippen LogP contribution in [0.1, 0.15) is 114 Å². The molecule has 0 amide bonds.